The number of hydrogen-bond acceptors (Lipinski definition) is 5. The Bertz CT molecular complexity index is 612. The maximum atomic E-state index is 10.9. The fraction of sp³-hybridized carbons (Fsp3) is 0.385. The maximum absolute atomic E-state index is 10.9. The fourth-order valence-corrected chi connectivity index (χ4v) is 2.74. The van der Waals surface area contributed by atoms with Gasteiger partial charge in [0.2, 0.25) is 5.16 Å². The van der Waals surface area contributed by atoms with Crippen LogP contribution < -0.4 is 0 Å². The minimum absolute atomic E-state index is 0.157. The van der Waals surface area contributed by atoms with E-state index >= 15 is 0 Å². The minimum atomic E-state index is -0.352. The molecule has 1 heterocycles. The zero-order valence-electron chi connectivity index (χ0n) is 11.4. The lowest BCUT2D eigenvalue weighted by Gasteiger charge is -2.04. The number of aromatic amines is 1. The third-order valence-electron chi connectivity index (χ3n) is 2.97. The Balaban J connectivity index is 2.06. The summed E-state index contributed by atoms with van der Waals surface area (Å²) in [7, 11) is 0. The molecule has 0 aliphatic carbocycles. The normalized spacial score (nSPS) is 10.7. The smallest absolute Gasteiger partial charge is 0.262 e. The quantitative estimate of drug-likeness (QED) is 0.502. The van der Waals surface area contributed by atoms with Gasteiger partial charge in [0, 0.05) is 23.8 Å². The number of nitro benzene ring substituents is 1. The summed E-state index contributed by atoms with van der Waals surface area (Å²) in [6, 6.07) is 5.13. The molecule has 7 heteroatoms. The largest absolute Gasteiger partial charge is 0.272 e. The molecule has 0 radical (unpaired) electrons. The van der Waals surface area contributed by atoms with Gasteiger partial charge in [-0.15, -0.1) is 5.10 Å². The molecular formula is C13H16N4O2S. The Kier molecular flexibility index (Phi) is 4.73. The van der Waals surface area contributed by atoms with E-state index in [2.05, 4.69) is 22.1 Å². The lowest BCUT2D eigenvalue weighted by molar-refractivity contribution is -0.385. The van der Waals surface area contributed by atoms with Gasteiger partial charge in [-0.2, -0.15) is 0 Å². The molecule has 0 aliphatic rings. The van der Waals surface area contributed by atoms with Crippen LogP contribution in [-0.4, -0.2) is 20.1 Å². The highest BCUT2D eigenvalue weighted by Crippen LogP contribution is 2.26. The van der Waals surface area contributed by atoms with Crippen molar-refractivity contribution in [3.05, 3.63) is 45.3 Å². The van der Waals surface area contributed by atoms with E-state index in [0.29, 0.717) is 16.5 Å². The molecule has 0 bridgehead atoms. The van der Waals surface area contributed by atoms with E-state index in [-0.39, 0.29) is 10.6 Å². The van der Waals surface area contributed by atoms with E-state index in [0.717, 1.165) is 24.2 Å². The summed E-state index contributed by atoms with van der Waals surface area (Å²) in [4.78, 5) is 14.9. The number of rotatable bonds is 6. The molecule has 1 aromatic carbocycles. The van der Waals surface area contributed by atoms with Crippen molar-refractivity contribution >= 4 is 17.4 Å². The Morgan fingerprint density at radius 3 is 2.95 bits per heavy atom. The molecular weight excluding hydrogens is 276 g/mol. The molecule has 0 amide bonds. The number of benzene rings is 1. The number of thioether (sulfide) groups is 1. The van der Waals surface area contributed by atoms with Crippen molar-refractivity contribution in [2.45, 2.75) is 37.6 Å². The number of hydrogen-bond donors (Lipinski definition) is 1. The molecule has 0 saturated carbocycles. The zero-order chi connectivity index (χ0) is 14.5. The first-order chi connectivity index (χ1) is 9.61. The van der Waals surface area contributed by atoms with Gasteiger partial charge in [-0.05, 0) is 18.9 Å². The average molecular weight is 292 g/mol. The summed E-state index contributed by atoms with van der Waals surface area (Å²) in [5.41, 5.74) is 1.80. The first-order valence-electron chi connectivity index (χ1n) is 6.38. The molecule has 1 aromatic heterocycles. The first kappa shape index (κ1) is 14.5. The second-order valence-corrected chi connectivity index (χ2v) is 5.36. The SMILES string of the molecule is CCCc1nc(SCc2cccc([N+](=O)[O-])c2C)n[nH]1. The van der Waals surface area contributed by atoms with Crippen LogP contribution in [0.2, 0.25) is 0 Å². The third-order valence-corrected chi connectivity index (χ3v) is 3.86. The summed E-state index contributed by atoms with van der Waals surface area (Å²) >= 11 is 1.48. The van der Waals surface area contributed by atoms with Gasteiger partial charge in [0.05, 0.1) is 4.92 Å². The summed E-state index contributed by atoms with van der Waals surface area (Å²) in [6.07, 6.45) is 1.90. The van der Waals surface area contributed by atoms with Crippen LogP contribution in [0.15, 0.2) is 23.4 Å². The molecule has 106 valence electrons. The molecule has 0 unspecified atom stereocenters. The highest BCUT2D eigenvalue weighted by molar-refractivity contribution is 7.98. The number of aryl methyl sites for hydroxylation is 1. The first-order valence-corrected chi connectivity index (χ1v) is 7.37. The van der Waals surface area contributed by atoms with Crippen molar-refractivity contribution in [2.75, 3.05) is 0 Å². The molecule has 0 spiro atoms. The van der Waals surface area contributed by atoms with Crippen LogP contribution in [0.5, 0.6) is 0 Å². The third kappa shape index (κ3) is 3.36. The van der Waals surface area contributed by atoms with Crippen LogP contribution >= 0.6 is 11.8 Å². The predicted octanol–water partition coefficient (Wildman–Crippen LogP) is 3.27. The summed E-state index contributed by atoms with van der Waals surface area (Å²) in [5, 5.41) is 18.6. The van der Waals surface area contributed by atoms with Gasteiger partial charge < -0.3 is 0 Å². The monoisotopic (exact) mass is 292 g/mol. The zero-order valence-corrected chi connectivity index (χ0v) is 12.2. The van der Waals surface area contributed by atoms with Gasteiger partial charge in [0.1, 0.15) is 5.82 Å². The second kappa shape index (κ2) is 6.51. The number of aromatic nitrogens is 3. The van der Waals surface area contributed by atoms with Gasteiger partial charge >= 0.3 is 0 Å². The molecule has 0 saturated heterocycles. The topological polar surface area (TPSA) is 84.7 Å². The highest BCUT2D eigenvalue weighted by atomic mass is 32.2. The van der Waals surface area contributed by atoms with Crippen LogP contribution in [-0.2, 0) is 12.2 Å². The Morgan fingerprint density at radius 2 is 2.25 bits per heavy atom. The molecule has 2 aromatic rings. The van der Waals surface area contributed by atoms with E-state index in [1.165, 1.54) is 17.8 Å². The summed E-state index contributed by atoms with van der Waals surface area (Å²) < 4.78 is 0. The van der Waals surface area contributed by atoms with Crippen molar-refractivity contribution < 1.29 is 4.92 Å². The number of nitrogens with one attached hydrogen (secondary N) is 1. The van der Waals surface area contributed by atoms with Crippen molar-refractivity contribution in [1.29, 1.82) is 0 Å². The van der Waals surface area contributed by atoms with Crippen LogP contribution in [0.4, 0.5) is 5.69 Å². The van der Waals surface area contributed by atoms with Crippen LogP contribution in [0.25, 0.3) is 0 Å². The van der Waals surface area contributed by atoms with Gasteiger partial charge in [-0.25, -0.2) is 4.98 Å². The van der Waals surface area contributed by atoms with E-state index in [9.17, 15) is 10.1 Å². The maximum Gasteiger partial charge on any atom is 0.272 e. The van der Waals surface area contributed by atoms with E-state index < -0.39 is 0 Å². The highest BCUT2D eigenvalue weighted by Gasteiger charge is 2.13. The Labute approximate surface area is 121 Å². The molecule has 0 aliphatic heterocycles. The van der Waals surface area contributed by atoms with Gasteiger partial charge in [0.25, 0.3) is 5.69 Å². The lowest BCUT2D eigenvalue weighted by Crippen LogP contribution is -1.95. The Hall–Kier alpha value is -1.89. The van der Waals surface area contributed by atoms with Crippen molar-refractivity contribution in [1.82, 2.24) is 15.2 Å². The standard InChI is InChI=1S/C13H16N4O2S/c1-3-5-12-14-13(16-15-12)20-8-10-6-4-7-11(9(10)2)17(18)19/h4,6-7H,3,5,8H2,1-2H3,(H,14,15,16). The van der Waals surface area contributed by atoms with E-state index in [1.807, 2.05) is 6.07 Å². The minimum Gasteiger partial charge on any atom is -0.262 e. The van der Waals surface area contributed by atoms with Gasteiger partial charge in [-0.3, -0.25) is 15.2 Å². The van der Waals surface area contributed by atoms with Crippen LogP contribution in [0.1, 0.15) is 30.3 Å². The van der Waals surface area contributed by atoms with Crippen molar-refractivity contribution in [3.8, 4) is 0 Å². The van der Waals surface area contributed by atoms with E-state index in [1.54, 1.807) is 13.0 Å². The number of H-pyrrole nitrogens is 1. The average Bonchev–Trinajstić information content (AvgIpc) is 2.85. The molecule has 0 fully saturated rings. The molecule has 6 nitrogen and oxygen atoms in total. The van der Waals surface area contributed by atoms with Gasteiger partial charge in [-0.1, -0.05) is 30.8 Å². The predicted molar refractivity (Wildman–Crippen MR) is 77.8 cm³/mol. The Morgan fingerprint density at radius 1 is 1.45 bits per heavy atom. The summed E-state index contributed by atoms with van der Waals surface area (Å²) in [5.74, 6) is 1.50. The van der Waals surface area contributed by atoms with E-state index in [4.69, 9.17) is 0 Å². The lowest BCUT2D eigenvalue weighted by atomic mass is 10.1. The van der Waals surface area contributed by atoms with Crippen LogP contribution in [0, 0.1) is 17.0 Å². The van der Waals surface area contributed by atoms with Crippen LogP contribution in [0.3, 0.4) is 0 Å². The van der Waals surface area contributed by atoms with Crippen molar-refractivity contribution in [3.63, 3.8) is 0 Å². The fourth-order valence-electron chi connectivity index (χ4n) is 1.86. The van der Waals surface area contributed by atoms with Gasteiger partial charge in [0.15, 0.2) is 0 Å². The second-order valence-electron chi connectivity index (χ2n) is 4.42. The number of nitrogens with zero attached hydrogens (tertiary/aromatic N) is 3. The molecule has 1 N–H and O–H groups in total. The molecule has 0 atom stereocenters. The molecule has 20 heavy (non-hydrogen) atoms. The molecule has 2 rings (SSSR count). The number of nitro groups is 1. The summed E-state index contributed by atoms with van der Waals surface area (Å²) in [6.45, 7) is 3.86. The van der Waals surface area contributed by atoms with Crippen molar-refractivity contribution in [2.24, 2.45) is 0 Å².